The Bertz CT molecular complexity index is 795. The van der Waals surface area contributed by atoms with Gasteiger partial charge in [-0.15, -0.1) is 0 Å². The third kappa shape index (κ3) is 2.84. The van der Waals surface area contributed by atoms with E-state index in [1.807, 2.05) is 0 Å². The number of amides is 1. The van der Waals surface area contributed by atoms with E-state index in [2.05, 4.69) is 5.10 Å². The number of benzene rings is 1. The number of rotatable bonds is 4. The number of likely N-dealkylation sites (tertiary alicyclic amines) is 1. The highest BCUT2D eigenvalue weighted by molar-refractivity contribution is 5.96. The van der Waals surface area contributed by atoms with Gasteiger partial charge in [-0.3, -0.25) is 14.3 Å². The molecule has 1 aromatic carbocycles. The number of carbonyl (C=O) groups excluding carboxylic acids is 2. The summed E-state index contributed by atoms with van der Waals surface area (Å²) >= 11 is 0. The highest BCUT2D eigenvalue weighted by Gasteiger charge is 2.33. The molecular weight excluding hydrogens is 309 g/mol. The summed E-state index contributed by atoms with van der Waals surface area (Å²) in [7, 11) is 0. The molecule has 1 atom stereocenters. The Morgan fingerprint density at radius 2 is 1.92 bits per heavy atom. The Morgan fingerprint density at radius 3 is 2.42 bits per heavy atom. The number of halogens is 1. The molecule has 2 aromatic rings. The van der Waals surface area contributed by atoms with Gasteiger partial charge in [0.25, 0.3) is 0 Å². The lowest BCUT2D eigenvalue weighted by atomic mass is 9.94. The Morgan fingerprint density at radius 1 is 1.25 bits per heavy atom. The van der Waals surface area contributed by atoms with Crippen LogP contribution in [0.2, 0.25) is 0 Å². The maximum absolute atomic E-state index is 13.0. The van der Waals surface area contributed by atoms with Crippen LogP contribution in [0.4, 0.5) is 4.39 Å². The summed E-state index contributed by atoms with van der Waals surface area (Å²) in [5.41, 5.74) is 2.88. The van der Waals surface area contributed by atoms with Crippen molar-refractivity contribution in [2.75, 3.05) is 6.54 Å². The van der Waals surface area contributed by atoms with Gasteiger partial charge >= 0.3 is 0 Å². The van der Waals surface area contributed by atoms with Crippen LogP contribution < -0.4 is 0 Å². The van der Waals surface area contributed by atoms with E-state index >= 15 is 0 Å². The minimum Gasteiger partial charge on any atom is -0.334 e. The summed E-state index contributed by atoms with van der Waals surface area (Å²) in [5.74, 6) is -0.372. The molecule has 0 bridgehead atoms. The molecular formula is C18H20FN3O2. The summed E-state index contributed by atoms with van der Waals surface area (Å²) in [6, 6.07) is 6.25. The molecule has 0 radical (unpaired) electrons. The number of hydrogen-bond acceptors (Lipinski definition) is 3. The van der Waals surface area contributed by atoms with Crippen molar-refractivity contribution in [2.24, 2.45) is 0 Å². The van der Waals surface area contributed by atoms with Gasteiger partial charge in [-0.2, -0.15) is 5.10 Å². The number of carbonyl (C=O) groups is 2. The van der Waals surface area contributed by atoms with E-state index in [-0.39, 0.29) is 30.1 Å². The van der Waals surface area contributed by atoms with Crippen LogP contribution in [0.25, 0.3) is 0 Å². The second kappa shape index (κ2) is 6.19. The zero-order chi connectivity index (χ0) is 17.4. The van der Waals surface area contributed by atoms with Crippen LogP contribution in [0, 0.1) is 19.7 Å². The van der Waals surface area contributed by atoms with E-state index in [9.17, 15) is 14.0 Å². The molecule has 6 heteroatoms. The van der Waals surface area contributed by atoms with E-state index in [1.54, 1.807) is 35.6 Å². The third-order valence-electron chi connectivity index (χ3n) is 4.61. The van der Waals surface area contributed by atoms with Gasteiger partial charge in [0.05, 0.1) is 17.3 Å². The van der Waals surface area contributed by atoms with Crippen molar-refractivity contribution in [3.05, 3.63) is 52.6 Å². The quantitative estimate of drug-likeness (QED) is 0.811. The fraction of sp³-hybridized carbons (Fsp3) is 0.389. The van der Waals surface area contributed by atoms with Crippen LogP contribution in [-0.4, -0.2) is 32.9 Å². The van der Waals surface area contributed by atoms with Gasteiger partial charge in [-0.1, -0.05) is 12.1 Å². The van der Waals surface area contributed by atoms with Crippen molar-refractivity contribution < 1.29 is 14.0 Å². The predicted molar refractivity (Wildman–Crippen MR) is 87.2 cm³/mol. The molecule has 24 heavy (non-hydrogen) atoms. The van der Waals surface area contributed by atoms with Crippen molar-refractivity contribution >= 4 is 11.7 Å². The summed E-state index contributed by atoms with van der Waals surface area (Å²) in [6.45, 7) is 5.87. The van der Waals surface area contributed by atoms with Crippen molar-refractivity contribution in [2.45, 2.75) is 39.8 Å². The lowest BCUT2D eigenvalue weighted by Gasteiger charge is -2.41. The van der Waals surface area contributed by atoms with E-state index in [0.717, 1.165) is 12.0 Å². The number of nitrogens with zero attached hydrogens (tertiary/aromatic N) is 3. The van der Waals surface area contributed by atoms with Gasteiger partial charge in [0.1, 0.15) is 12.4 Å². The minimum atomic E-state index is -0.282. The molecule has 1 unspecified atom stereocenters. The predicted octanol–water partition coefficient (Wildman–Crippen LogP) is 2.82. The molecule has 1 fully saturated rings. The molecule has 126 valence electrons. The van der Waals surface area contributed by atoms with Crippen LogP contribution in [0.3, 0.4) is 0 Å². The number of hydrogen-bond donors (Lipinski definition) is 0. The second-order valence-electron chi connectivity index (χ2n) is 6.20. The van der Waals surface area contributed by atoms with Gasteiger partial charge in [-0.25, -0.2) is 4.39 Å². The summed E-state index contributed by atoms with van der Waals surface area (Å²) in [4.78, 5) is 26.0. The Labute approximate surface area is 140 Å². The molecule has 0 saturated carbocycles. The Balaban J connectivity index is 1.75. The van der Waals surface area contributed by atoms with Gasteiger partial charge in [0.15, 0.2) is 5.78 Å². The molecule has 5 nitrogen and oxygen atoms in total. The molecule has 0 N–H and O–H groups in total. The highest BCUT2D eigenvalue weighted by Crippen LogP contribution is 2.33. The van der Waals surface area contributed by atoms with Crippen LogP contribution in [0.15, 0.2) is 24.3 Å². The van der Waals surface area contributed by atoms with Crippen molar-refractivity contribution in [1.29, 1.82) is 0 Å². The van der Waals surface area contributed by atoms with Crippen molar-refractivity contribution in [1.82, 2.24) is 14.7 Å². The normalized spacial score (nSPS) is 16.8. The van der Waals surface area contributed by atoms with E-state index in [0.29, 0.717) is 23.5 Å². The molecule has 1 saturated heterocycles. The maximum Gasteiger partial charge on any atom is 0.244 e. The van der Waals surface area contributed by atoms with Crippen LogP contribution in [-0.2, 0) is 11.3 Å². The zero-order valence-electron chi connectivity index (χ0n) is 14.0. The molecule has 1 aliphatic heterocycles. The van der Waals surface area contributed by atoms with Gasteiger partial charge < -0.3 is 4.90 Å². The molecule has 3 rings (SSSR count). The Hall–Kier alpha value is -2.50. The molecule has 1 amide bonds. The zero-order valence-corrected chi connectivity index (χ0v) is 14.0. The van der Waals surface area contributed by atoms with Crippen molar-refractivity contribution in [3.63, 3.8) is 0 Å². The smallest absolute Gasteiger partial charge is 0.244 e. The van der Waals surface area contributed by atoms with Gasteiger partial charge in [0.2, 0.25) is 5.91 Å². The number of aryl methyl sites for hydroxylation is 1. The second-order valence-corrected chi connectivity index (χ2v) is 6.20. The molecule has 2 heterocycles. The van der Waals surface area contributed by atoms with Crippen LogP contribution >= 0.6 is 0 Å². The lowest BCUT2D eigenvalue weighted by molar-refractivity contribution is -0.140. The molecule has 1 aromatic heterocycles. The molecule has 0 spiro atoms. The highest BCUT2D eigenvalue weighted by atomic mass is 19.1. The monoisotopic (exact) mass is 329 g/mol. The van der Waals surface area contributed by atoms with E-state index in [4.69, 9.17) is 0 Å². The SMILES string of the molecule is CC(=O)c1c(C)nn(CC(=O)N2CCC2c2ccc(F)cc2)c1C. The first-order valence-corrected chi connectivity index (χ1v) is 7.98. The number of aromatic nitrogens is 2. The summed E-state index contributed by atoms with van der Waals surface area (Å²) in [6.07, 6.45) is 0.868. The summed E-state index contributed by atoms with van der Waals surface area (Å²) < 4.78 is 14.6. The number of Topliss-reactive ketones (excluding diaryl/α,β-unsaturated/α-hetero) is 1. The largest absolute Gasteiger partial charge is 0.334 e. The maximum atomic E-state index is 13.0. The first-order valence-electron chi connectivity index (χ1n) is 7.98. The Kier molecular flexibility index (Phi) is 4.22. The average Bonchev–Trinajstić information content (AvgIpc) is 2.74. The topological polar surface area (TPSA) is 55.2 Å². The van der Waals surface area contributed by atoms with Gasteiger partial charge in [0, 0.05) is 12.2 Å². The van der Waals surface area contributed by atoms with Crippen molar-refractivity contribution in [3.8, 4) is 0 Å². The van der Waals surface area contributed by atoms with E-state index < -0.39 is 0 Å². The standard InChI is InChI=1S/C18H20FN3O2/c1-11-18(13(3)23)12(2)22(20-11)10-17(24)21-9-8-16(21)14-4-6-15(19)7-5-14/h4-7,16H,8-10H2,1-3H3. The first-order chi connectivity index (χ1) is 11.4. The summed E-state index contributed by atoms with van der Waals surface area (Å²) in [5, 5.41) is 4.32. The lowest BCUT2D eigenvalue weighted by Crippen LogP contribution is -2.46. The van der Waals surface area contributed by atoms with Crippen LogP contribution in [0.5, 0.6) is 0 Å². The van der Waals surface area contributed by atoms with Gasteiger partial charge in [-0.05, 0) is 44.9 Å². The fourth-order valence-corrected chi connectivity index (χ4v) is 3.30. The molecule has 1 aliphatic rings. The average molecular weight is 329 g/mol. The first kappa shape index (κ1) is 16.4. The van der Waals surface area contributed by atoms with E-state index in [1.165, 1.54) is 19.1 Å². The minimum absolute atomic E-state index is 0.0117. The molecule has 0 aliphatic carbocycles. The number of ketones is 1. The fourth-order valence-electron chi connectivity index (χ4n) is 3.30. The van der Waals surface area contributed by atoms with Crippen LogP contribution in [0.1, 0.15) is 46.7 Å². The third-order valence-corrected chi connectivity index (χ3v) is 4.61.